The minimum Gasteiger partial charge on any atom is -0.495 e. The number of ether oxygens (including phenoxy) is 1. The van der Waals surface area contributed by atoms with Gasteiger partial charge < -0.3 is 15.0 Å². The Morgan fingerprint density at radius 1 is 1.15 bits per heavy atom. The average molecular weight is 385 g/mol. The van der Waals surface area contributed by atoms with Gasteiger partial charge in [-0.05, 0) is 36.6 Å². The zero-order valence-electron chi connectivity index (χ0n) is 15.0. The summed E-state index contributed by atoms with van der Waals surface area (Å²) in [5, 5.41) is 4.15. The Morgan fingerprint density at radius 3 is 2.67 bits per heavy atom. The standard InChI is InChI=1S/C21H21ClN2O3/c1-27-19-12-16-11-15(21(26)24-18(16)13-17(19)22)9-10-23-20(25)8-7-14-5-3-2-4-6-14/h2-6,11-13H,7-10H2,1H3,(H,23,25)(H,24,26). The van der Waals surface area contributed by atoms with Crippen LogP contribution in [0.2, 0.25) is 5.02 Å². The number of rotatable bonds is 7. The molecule has 27 heavy (non-hydrogen) atoms. The quantitative estimate of drug-likeness (QED) is 0.655. The number of hydrogen-bond donors (Lipinski definition) is 2. The Bertz CT molecular complexity index is 999. The molecule has 0 radical (unpaired) electrons. The lowest BCUT2D eigenvalue weighted by Crippen LogP contribution is -2.27. The minimum atomic E-state index is -0.178. The number of amides is 1. The highest BCUT2D eigenvalue weighted by Gasteiger charge is 2.08. The molecule has 3 rings (SSSR count). The van der Waals surface area contributed by atoms with Crippen LogP contribution in [0.5, 0.6) is 5.75 Å². The minimum absolute atomic E-state index is 0.0236. The Labute approximate surface area is 162 Å². The highest BCUT2D eigenvalue weighted by atomic mass is 35.5. The molecule has 6 heteroatoms. The average Bonchev–Trinajstić information content (AvgIpc) is 2.67. The van der Waals surface area contributed by atoms with E-state index < -0.39 is 0 Å². The van der Waals surface area contributed by atoms with Gasteiger partial charge in [0, 0.05) is 23.9 Å². The smallest absolute Gasteiger partial charge is 0.251 e. The maximum absolute atomic E-state index is 12.2. The van der Waals surface area contributed by atoms with Gasteiger partial charge in [-0.3, -0.25) is 9.59 Å². The lowest BCUT2D eigenvalue weighted by molar-refractivity contribution is -0.121. The monoisotopic (exact) mass is 384 g/mol. The summed E-state index contributed by atoms with van der Waals surface area (Å²) in [6.07, 6.45) is 1.57. The summed E-state index contributed by atoms with van der Waals surface area (Å²) >= 11 is 6.09. The molecular weight excluding hydrogens is 364 g/mol. The second-order valence-corrected chi connectivity index (χ2v) is 6.69. The number of pyridine rings is 1. The van der Waals surface area contributed by atoms with Gasteiger partial charge in [0.2, 0.25) is 5.91 Å². The second kappa shape index (κ2) is 8.73. The van der Waals surface area contributed by atoms with Crippen molar-refractivity contribution < 1.29 is 9.53 Å². The number of aromatic amines is 1. The third-order valence-corrected chi connectivity index (χ3v) is 4.69. The van der Waals surface area contributed by atoms with Crippen LogP contribution >= 0.6 is 11.6 Å². The number of carbonyl (C=O) groups excluding carboxylic acids is 1. The van der Waals surface area contributed by atoms with Gasteiger partial charge in [-0.1, -0.05) is 41.9 Å². The number of nitrogens with one attached hydrogen (secondary N) is 2. The number of aromatic nitrogens is 1. The second-order valence-electron chi connectivity index (χ2n) is 6.28. The normalized spacial score (nSPS) is 10.7. The number of benzene rings is 2. The van der Waals surface area contributed by atoms with E-state index in [1.807, 2.05) is 36.4 Å². The first-order chi connectivity index (χ1) is 13.1. The van der Waals surface area contributed by atoms with Crippen molar-refractivity contribution in [3.8, 4) is 5.75 Å². The molecule has 0 saturated heterocycles. The van der Waals surface area contributed by atoms with Crippen LogP contribution in [0.1, 0.15) is 17.5 Å². The van der Waals surface area contributed by atoms with Crippen molar-refractivity contribution in [2.24, 2.45) is 0 Å². The third kappa shape index (κ3) is 4.89. The van der Waals surface area contributed by atoms with Gasteiger partial charge in [0.25, 0.3) is 5.56 Å². The van der Waals surface area contributed by atoms with Crippen LogP contribution < -0.4 is 15.6 Å². The number of hydrogen-bond acceptors (Lipinski definition) is 3. The summed E-state index contributed by atoms with van der Waals surface area (Å²) in [4.78, 5) is 27.1. The van der Waals surface area contributed by atoms with Crippen molar-refractivity contribution in [3.05, 3.63) is 75.0 Å². The summed E-state index contributed by atoms with van der Waals surface area (Å²) in [5.41, 5.74) is 2.21. The molecule has 1 aromatic heterocycles. The molecule has 0 atom stereocenters. The van der Waals surface area contributed by atoms with Gasteiger partial charge in [-0.15, -0.1) is 0 Å². The molecule has 0 saturated carbocycles. The van der Waals surface area contributed by atoms with E-state index in [0.29, 0.717) is 47.7 Å². The molecule has 0 aliphatic heterocycles. The van der Waals surface area contributed by atoms with Crippen LogP contribution in [0.3, 0.4) is 0 Å². The van der Waals surface area contributed by atoms with Gasteiger partial charge in [0.1, 0.15) is 5.75 Å². The fraction of sp³-hybridized carbons (Fsp3) is 0.238. The van der Waals surface area contributed by atoms with Crippen LogP contribution in [0.4, 0.5) is 0 Å². The van der Waals surface area contributed by atoms with Crippen molar-refractivity contribution in [1.29, 1.82) is 0 Å². The van der Waals surface area contributed by atoms with E-state index in [9.17, 15) is 9.59 Å². The predicted molar refractivity (Wildman–Crippen MR) is 108 cm³/mol. The van der Waals surface area contributed by atoms with Crippen LogP contribution in [0.25, 0.3) is 10.9 Å². The lowest BCUT2D eigenvalue weighted by Gasteiger charge is -2.08. The first kappa shape index (κ1) is 19.0. The lowest BCUT2D eigenvalue weighted by atomic mass is 10.1. The van der Waals surface area contributed by atoms with E-state index in [0.717, 1.165) is 10.9 Å². The molecule has 0 fully saturated rings. The van der Waals surface area contributed by atoms with E-state index >= 15 is 0 Å². The summed E-state index contributed by atoms with van der Waals surface area (Å²) in [6, 6.07) is 15.1. The first-order valence-electron chi connectivity index (χ1n) is 8.77. The Balaban J connectivity index is 1.59. The molecule has 3 aromatic rings. The largest absolute Gasteiger partial charge is 0.495 e. The van der Waals surface area contributed by atoms with E-state index in [4.69, 9.17) is 16.3 Å². The Kier molecular flexibility index (Phi) is 6.14. The highest BCUT2D eigenvalue weighted by molar-refractivity contribution is 6.32. The van der Waals surface area contributed by atoms with E-state index in [-0.39, 0.29) is 11.5 Å². The number of fused-ring (bicyclic) bond motifs is 1. The Hall–Kier alpha value is -2.79. The number of methoxy groups -OCH3 is 1. The highest BCUT2D eigenvalue weighted by Crippen LogP contribution is 2.28. The molecule has 2 aromatic carbocycles. The molecule has 2 N–H and O–H groups in total. The van der Waals surface area contributed by atoms with Gasteiger partial charge in [0.15, 0.2) is 0 Å². The maximum atomic E-state index is 12.2. The number of carbonyl (C=O) groups is 1. The zero-order chi connectivity index (χ0) is 19.2. The van der Waals surface area contributed by atoms with Crippen LogP contribution in [-0.2, 0) is 17.6 Å². The van der Waals surface area contributed by atoms with Crippen molar-refractivity contribution in [2.45, 2.75) is 19.3 Å². The number of H-pyrrole nitrogens is 1. The predicted octanol–water partition coefficient (Wildman–Crippen LogP) is 3.48. The van der Waals surface area contributed by atoms with Crippen molar-refractivity contribution >= 4 is 28.4 Å². The SMILES string of the molecule is COc1cc2cc(CCNC(=O)CCc3ccccc3)c(=O)[nH]c2cc1Cl. The maximum Gasteiger partial charge on any atom is 0.251 e. The molecule has 0 aliphatic carbocycles. The fourth-order valence-corrected chi connectivity index (χ4v) is 3.16. The van der Waals surface area contributed by atoms with Crippen molar-refractivity contribution in [2.75, 3.05) is 13.7 Å². The van der Waals surface area contributed by atoms with Crippen LogP contribution in [0, 0.1) is 0 Å². The zero-order valence-corrected chi connectivity index (χ0v) is 15.8. The number of aryl methyl sites for hydroxylation is 1. The van der Waals surface area contributed by atoms with E-state index in [1.54, 1.807) is 19.2 Å². The van der Waals surface area contributed by atoms with Gasteiger partial charge >= 0.3 is 0 Å². The Morgan fingerprint density at radius 2 is 1.93 bits per heavy atom. The van der Waals surface area contributed by atoms with Gasteiger partial charge in [-0.2, -0.15) is 0 Å². The van der Waals surface area contributed by atoms with Crippen LogP contribution in [-0.4, -0.2) is 24.5 Å². The van der Waals surface area contributed by atoms with Crippen molar-refractivity contribution in [1.82, 2.24) is 10.3 Å². The summed E-state index contributed by atoms with van der Waals surface area (Å²) in [6.45, 7) is 0.410. The topological polar surface area (TPSA) is 71.2 Å². The molecule has 0 bridgehead atoms. The van der Waals surface area contributed by atoms with Crippen LogP contribution in [0.15, 0.2) is 53.3 Å². The molecule has 1 amide bonds. The molecule has 1 heterocycles. The third-order valence-electron chi connectivity index (χ3n) is 4.39. The summed E-state index contributed by atoms with van der Waals surface area (Å²) in [7, 11) is 1.55. The molecule has 0 spiro atoms. The first-order valence-corrected chi connectivity index (χ1v) is 9.14. The summed E-state index contributed by atoms with van der Waals surface area (Å²) < 4.78 is 5.22. The molecular formula is C21H21ClN2O3. The van der Waals surface area contributed by atoms with E-state index in [1.165, 1.54) is 0 Å². The van der Waals surface area contributed by atoms with Gasteiger partial charge in [-0.25, -0.2) is 0 Å². The van der Waals surface area contributed by atoms with Crippen molar-refractivity contribution in [3.63, 3.8) is 0 Å². The molecule has 140 valence electrons. The van der Waals surface area contributed by atoms with E-state index in [2.05, 4.69) is 10.3 Å². The number of halogens is 1. The van der Waals surface area contributed by atoms with Gasteiger partial charge in [0.05, 0.1) is 17.6 Å². The molecule has 0 aliphatic rings. The summed E-state index contributed by atoms with van der Waals surface area (Å²) in [5.74, 6) is 0.529. The molecule has 0 unspecified atom stereocenters. The molecule has 5 nitrogen and oxygen atoms in total. The fourth-order valence-electron chi connectivity index (χ4n) is 2.92.